The standard InChI is InChI=1S/C15H23ClN2O3/c1-9(14(19)18-15(2,3)4)21-13-11(16)6-10(8-17)7-12(13)20-5/h6-7,9H,8,17H2,1-5H3,(H,18,19). The minimum Gasteiger partial charge on any atom is -0.493 e. The molecule has 1 rings (SSSR count). The fraction of sp³-hybridized carbons (Fsp3) is 0.533. The number of nitrogens with two attached hydrogens (primary N) is 1. The van der Waals surface area contributed by atoms with Crippen molar-refractivity contribution in [2.45, 2.75) is 45.9 Å². The summed E-state index contributed by atoms with van der Waals surface area (Å²) in [6, 6.07) is 3.45. The van der Waals surface area contributed by atoms with E-state index in [4.69, 9.17) is 26.8 Å². The first-order chi connectivity index (χ1) is 9.67. The second kappa shape index (κ2) is 7.00. The summed E-state index contributed by atoms with van der Waals surface area (Å²) in [5, 5.41) is 3.22. The van der Waals surface area contributed by atoms with E-state index >= 15 is 0 Å². The SMILES string of the molecule is COc1cc(CN)cc(Cl)c1OC(C)C(=O)NC(C)(C)C. The number of benzene rings is 1. The maximum Gasteiger partial charge on any atom is 0.261 e. The van der Waals surface area contributed by atoms with Gasteiger partial charge in [0.2, 0.25) is 0 Å². The molecular weight excluding hydrogens is 292 g/mol. The monoisotopic (exact) mass is 314 g/mol. The zero-order valence-electron chi connectivity index (χ0n) is 13.1. The average Bonchev–Trinajstić information content (AvgIpc) is 2.38. The van der Waals surface area contributed by atoms with E-state index in [1.807, 2.05) is 20.8 Å². The van der Waals surface area contributed by atoms with Crippen molar-refractivity contribution in [1.29, 1.82) is 0 Å². The van der Waals surface area contributed by atoms with Crippen molar-refractivity contribution >= 4 is 17.5 Å². The van der Waals surface area contributed by atoms with Gasteiger partial charge < -0.3 is 20.5 Å². The molecule has 0 heterocycles. The summed E-state index contributed by atoms with van der Waals surface area (Å²) in [5.74, 6) is 0.579. The molecule has 5 nitrogen and oxygen atoms in total. The van der Waals surface area contributed by atoms with Crippen LogP contribution < -0.4 is 20.5 Å². The molecule has 1 aromatic carbocycles. The lowest BCUT2D eigenvalue weighted by atomic mass is 10.1. The largest absolute Gasteiger partial charge is 0.493 e. The first kappa shape index (κ1) is 17.6. The second-order valence-corrected chi connectivity index (χ2v) is 6.22. The number of hydrogen-bond acceptors (Lipinski definition) is 4. The first-order valence-corrected chi connectivity index (χ1v) is 7.11. The van der Waals surface area contributed by atoms with Crippen LogP contribution >= 0.6 is 11.6 Å². The Morgan fingerprint density at radius 3 is 2.52 bits per heavy atom. The van der Waals surface area contributed by atoms with Gasteiger partial charge in [-0.15, -0.1) is 0 Å². The van der Waals surface area contributed by atoms with Crippen LogP contribution in [0.5, 0.6) is 11.5 Å². The summed E-state index contributed by atoms with van der Waals surface area (Å²) < 4.78 is 10.9. The number of halogens is 1. The van der Waals surface area contributed by atoms with Crippen LogP contribution in [-0.2, 0) is 11.3 Å². The van der Waals surface area contributed by atoms with Crippen LogP contribution in [-0.4, -0.2) is 24.7 Å². The minimum atomic E-state index is -0.695. The number of rotatable bonds is 5. The summed E-state index contributed by atoms with van der Waals surface area (Å²) in [5.41, 5.74) is 6.09. The van der Waals surface area contributed by atoms with E-state index in [9.17, 15) is 4.79 Å². The van der Waals surface area contributed by atoms with Gasteiger partial charge in [0.25, 0.3) is 5.91 Å². The van der Waals surface area contributed by atoms with Gasteiger partial charge in [-0.25, -0.2) is 0 Å². The van der Waals surface area contributed by atoms with Crippen molar-refractivity contribution in [1.82, 2.24) is 5.32 Å². The lowest BCUT2D eigenvalue weighted by molar-refractivity contribution is -0.128. The Balaban J connectivity index is 2.94. The van der Waals surface area contributed by atoms with Gasteiger partial charge in [-0.3, -0.25) is 4.79 Å². The topological polar surface area (TPSA) is 73.6 Å². The maximum atomic E-state index is 12.1. The normalized spacial score (nSPS) is 12.7. The lowest BCUT2D eigenvalue weighted by Gasteiger charge is -2.24. The smallest absolute Gasteiger partial charge is 0.261 e. The molecule has 0 bridgehead atoms. The fourth-order valence-electron chi connectivity index (χ4n) is 1.71. The summed E-state index contributed by atoms with van der Waals surface area (Å²) in [4.78, 5) is 12.1. The van der Waals surface area contributed by atoms with Crippen molar-refractivity contribution in [3.63, 3.8) is 0 Å². The van der Waals surface area contributed by atoms with Crippen molar-refractivity contribution in [3.05, 3.63) is 22.7 Å². The van der Waals surface area contributed by atoms with Crippen LogP contribution in [0.1, 0.15) is 33.3 Å². The number of hydrogen-bond donors (Lipinski definition) is 2. The van der Waals surface area contributed by atoms with E-state index in [1.54, 1.807) is 19.1 Å². The molecule has 0 fully saturated rings. The lowest BCUT2D eigenvalue weighted by Crippen LogP contribution is -2.46. The van der Waals surface area contributed by atoms with Crippen molar-refractivity contribution in [3.8, 4) is 11.5 Å². The molecule has 0 saturated carbocycles. The average molecular weight is 315 g/mol. The molecule has 1 unspecified atom stereocenters. The predicted octanol–water partition coefficient (Wildman–Crippen LogP) is 2.49. The zero-order chi connectivity index (χ0) is 16.2. The second-order valence-electron chi connectivity index (χ2n) is 5.81. The van der Waals surface area contributed by atoms with Crippen molar-refractivity contribution < 1.29 is 14.3 Å². The highest BCUT2D eigenvalue weighted by atomic mass is 35.5. The van der Waals surface area contributed by atoms with E-state index in [0.29, 0.717) is 23.1 Å². The molecule has 1 amide bonds. The Morgan fingerprint density at radius 1 is 1.43 bits per heavy atom. The molecule has 0 aliphatic heterocycles. The van der Waals surface area contributed by atoms with Crippen LogP contribution in [0.25, 0.3) is 0 Å². The molecule has 1 atom stereocenters. The first-order valence-electron chi connectivity index (χ1n) is 6.73. The van der Waals surface area contributed by atoms with Crippen LogP contribution in [0.2, 0.25) is 5.02 Å². The van der Waals surface area contributed by atoms with Crippen molar-refractivity contribution in [2.75, 3.05) is 7.11 Å². The van der Waals surface area contributed by atoms with Gasteiger partial charge in [0.05, 0.1) is 12.1 Å². The third-order valence-corrected chi connectivity index (χ3v) is 2.97. The highest BCUT2D eigenvalue weighted by molar-refractivity contribution is 6.32. The Morgan fingerprint density at radius 2 is 2.05 bits per heavy atom. The van der Waals surface area contributed by atoms with Gasteiger partial charge in [-0.1, -0.05) is 11.6 Å². The Kier molecular flexibility index (Phi) is 5.87. The van der Waals surface area contributed by atoms with Gasteiger partial charge in [0.1, 0.15) is 0 Å². The zero-order valence-corrected chi connectivity index (χ0v) is 13.9. The number of nitrogens with one attached hydrogen (secondary N) is 1. The van der Waals surface area contributed by atoms with E-state index in [2.05, 4.69) is 5.32 Å². The van der Waals surface area contributed by atoms with E-state index in [0.717, 1.165) is 5.56 Å². The molecule has 0 spiro atoms. The number of carbonyl (C=O) groups excluding carboxylic acids is 1. The number of methoxy groups -OCH3 is 1. The van der Waals surface area contributed by atoms with Gasteiger partial charge in [0.15, 0.2) is 17.6 Å². The molecule has 1 aromatic rings. The quantitative estimate of drug-likeness (QED) is 0.875. The van der Waals surface area contributed by atoms with Gasteiger partial charge >= 0.3 is 0 Å². The molecule has 0 aliphatic carbocycles. The summed E-state index contributed by atoms with van der Waals surface area (Å²) >= 11 is 6.18. The van der Waals surface area contributed by atoms with Crippen LogP contribution in [0.4, 0.5) is 0 Å². The molecule has 3 N–H and O–H groups in total. The van der Waals surface area contributed by atoms with Crippen LogP contribution in [0.3, 0.4) is 0 Å². The van der Waals surface area contributed by atoms with Crippen LogP contribution in [0, 0.1) is 0 Å². The van der Waals surface area contributed by atoms with Crippen molar-refractivity contribution in [2.24, 2.45) is 5.73 Å². The molecule has 21 heavy (non-hydrogen) atoms. The maximum absolute atomic E-state index is 12.1. The predicted molar refractivity (Wildman–Crippen MR) is 83.9 cm³/mol. The third kappa shape index (κ3) is 5.10. The molecule has 118 valence electrons. The van der Waals surface area contributed by atoms with Gasteiger partial charge in [-0.2, -0.15) is 0 Å². The molecule has 0 aliphatic rings. The number of amides is 1. The highest BCUT2D eigenvalue weighted by Gasteiger charge is 2.23. The molecule has 0 saturated heterocycles. The van der Waals surface area contributed by atoms with E-state index in [1.165, 1.54) is 7.11 Å². The number of ether oxygens (including phenoxy) is 2. The molecule has 0 radical (unpaired) electrons. The van der Waals surface area contributed by atoms with E-state index < -0.39 is 6.10 Å². The Bertz CT molecular complexity index is 512. The highest BCUT2D eigenvalue weighted by Crippen LogP contribution is 2.37. The van der Waals surface area contributed by atoms with Gasteiger partial charge in [-0.05, 0) is 45.4 Å². The summed E-state index contributed by atoms with van der Waals surface area (Å²) in [7, 11) is 1.51. The molecule has 0 aromatic heterocycles. The van der Waals surface area contributed by atoms with Crippen LogP contribution in [0.15, 0.2) is 12.1 Å². The Labute approximate surface area is 130 Å². The Hall–Kier alpha value is -1.46. The number of carbonyl (C=O) groups is 1. The molecule has 6 heteroatoms. The minimum absolute atomic E-state index is 0.219. The third-order valence-electron chi connectivity index (χ3n) is 2.69. The van der Waals surface area contributed by atoms with E-state index in [-0.39, 0.29) is 11.4 Å². The summed E-state index contributed by atoms with van der Waals surface area (Å²) in [6.07, 6.45) is -0.695. The fourth-order valence-corrected chi connectivity index (χ4v) is 1.98. The van der Waals surface area contributed by atoms with Gasteiger partial charge in [0, 0.05) is 12.1 Å². The summed E-state index contributed by atoms with van der Waals surface area (Å²) in [6.45, 7) is 7.72. The molecular formula is C15H23ClN2O3.